The molecule has 0 bridgehead atoms. The van der Waals surface area contributed by atoms with Crippen LogP contribution in [0, 0.1) is 11.6 Å². The van der Waals surface area contributed by atoms with E-state index >= 15 is 0 Å². The highest BCUT2D eigenvalue weighted by atomic mass is 19.1. The molecular weight excluding hydrogens is 282 g/mol. The van der Waals surface area contributed by atoms with Crippen LogP contribution in [-0.4, -0.2) is 24.0 Å². The lowest BCUT2D eigenvalue weighted by molar-refractivity contribution is 0.175. The van der Waals surface area contributed by atoms with Crippen molar-refractivity contribution in [3.63, 3.8) is 0 Å². The maximum absolute atomic E-state index is 13.4. The van der Waals surface area contributed by atoms with E-state index < -0.39 is 0 Å². The highest BCUT2D eigenvalue weighted by Crippen LogP contribution is 2.26. The van der Waals surface area contributed by atoms with Gasteiger partial charge < -0.3 is 5.73 Å². The Kier molecular flexibility index (Phi) is 4.50. The van der Waals surface area contributed by atoms with Crippen LogP contribution in [0.5, 0.6) is 0 Å². The summed E-state index contributed by atoms with van der Waals surface area (Å²) in [5.41, 5.74) is 9.07. The summed E-state index contributed by atoms with van der Waals surface area (Å²) in [6.07, 6.45) is 1.71. The van der Waals surface area contributed by atoms with E-state index in [0.29, 0.717) is 12.6 Å². The summed E-state index contributed by atoms with van der Waals surface area (Å²) in [7, 11) is 0. The number of nitrogens with two attached hydrogens (primary N) is 1. The van der Waals surface area contributed by atoms with E-state index in [-0.39, 0.29) is 11.6 Å². The van der Waals surface area contributed by atoms with Crippen LogP contribution in [0.15, 0.2) is 42.5 Å². The van der Waals surface area contributed by atoms with Crippen molar-refractivity contribution in [3.05, 3.63) is 70.8 Å². The third-order valence-corrected chi connectivity index (χ3v) is 4.31. The first-order chi connectivity index (χ1) is 10.7. The molecular formula is C18H20F2N2. The van der Waals surface area contributed by atoms with Crippen LogP contribution < -0.4 is 5.73 Å². The van der Waals surface area contributed by atoms with Gasteiger partial charge >= 0.3 is 0 Å². The van der Waals surface area contributed by atoms with Crippen LogP contribution in [0.25, 0.3) is 0 Å². The van der Waals surface area contributed by atoms with Crippen molar-refractivity contribution in [2.45, 2.75) is 25.4 Å². The zero-order valence-corrected chi connectivity index (χ0v) is 12.4. The molecule has 2 nitrogen and oxygen atoms in total. The van der Waals surface area contributed by atoms with Gasteiger partial charge in [0.2, 0.25) is 0 Å². The van der Waals surface area contributed by atoms with Crippen molar-refractivity contribution in [2.24, 2.45) is 5.73 Å². The summed E-state index contributed by atoms with van der Waals surface area (Å²) in [4.78, 5) is 2.30. The number of nitrogens with zero attached hydrogens (tertiary/aromatic N) is 1. The Morgan fingerprint density at radius 3 is 2.45 bits per heavy atom. The van der Waals surface area contributed by atoms with Gasteiger partial charge in [-0.25, -0.2) is 8.78 Å². The molecule has 0 spiro atoms. The average Bonchev–Trinajstić information content (AvgIpc) is 2.50. The lowest BCUT2D eigenvalue weighted by Gasteiger charge is -2.37. The second kappa shape index (κ2) is 6.55. The van der Waals surface area contributed by atoms with Crippen molar-refractivity contribution in [3.8, 4) is 0 Å². The average molecular weight is 302 g/mol. The summed E-state index contributed by atoms with van der Waals surface area (Å²) in [6, 6.07) is 12.0. The van der Waals surface area contributed by atoms with Crippen LogP contribution in [0.3, 0.4) is 0 Å². The third kappa shape index (κ3) is 3.34. The smallest absolute Gasteiger partial charge is 0.123 e. The van der Waals surface area contributed by atoms with E-state index in [2.05, 4.69) is 4.90 Å². The quantitative estimate of drug-likeness (QED) is 0.941. The monoisotopic (exact) mass is 302 g/mol. The van der Waals surface area contributed by atoms with Gasteiger partial charge in [-0.15, -0.1) is 0 Å². The molecule has 116 valence electrons. The minimum Gasteiger partial charge on any atom is -0.329 e. The van der Waals surface area contributed by atoms with E-state index in [0.717, 1.165) is 37.1 Å². The molecule has 0 aromatic heterocycles. The minimum atomic E-state index is -0.216. The van der Waals surface area contributed by atoms with Crippen molar-refractivity contribution >= 4 is 0 Å². The number of hydrogen-bond acceptors (Lipinski definition) is 2. The maximum Gasteiger partial charge on any atom is 0.123 e. The largest absolute Gasteiger partial charge is 0.329 e. The Balaban J connectivity index is 1.82. The summed E-state index contributed by atoms with van der Waals surface area (Å²) < 4.78 is 26.4. The van der Waals surface area contributed by atoms with Crippen LogP contribution in [0.2, 0.25) is 0 Å². The molecule has 2 aromatic rings. The molecule has 4 heteroatoms. The number of fused-ring (bicyclic) bond motifs is 1. The Bertz CT molecular complexity index is 640. The summed E-state index contributed by atoms with van der Waals surface area (Å²) >= 11 is 0. The molecule has 3 rings (SSSR count). The molecule has 0 saturated heterocycles. The highest BCUT2D eigenvalue weighted by Gasteiger charge is 2.26. The summed E-state index contributed by atoms with van der Waals surface area (Å²) in [5.74, 6) is -0.407. The number of rotatable bonds is 4. The molecule has 0 aliphatic carbocycles. The minimum absolute atomic E-state index is 0.191. The Hall–Kier alpha value is -1.78. The first-order valence-electron chi connectivity index (χ1n) is 7.61. The molecule has 0 radical (unpaired) electrons. The fraction of sp³-hybridized carbons (Fsp3) is 0.333. The molecule has 1 unspecified atom stereocenters. The molecule has 1 aliphatic heterocycles. The Morgan fingerprint density at radius 1 is 1.00 bits per heavy atom. The van der Waals surface area contributed by atoms with E-state index in [9.17, 15) is 8.78 Å². The van der Waals surface area contributed by atoms with Crippen LogP contribution >= 0.6 is 0 Å². The predicted molar refractivity (Wildman–Crippen MR) is 83.5 cm³/mol. The van der Waals surface area contributed by atoms with Gasteiger partial charge in [-0.05, 0) is 53.8 Å². The zero-order chi connectivity index (χ0) is 15.5. The predicted octanol–water partition coefficient (Wildman–Crippen LogP) is 2.89. The van der Waals surface area contributed by atoms with E-state index in [1.54, 1.807) is 6.07 Å². The number of benzene rings is 2. The maximum atomic E-state index is 13.4. The number of hydrogen-bond donors (Lipinski definition) is 1. The van der Waals surface area contributed by atoms with Crippen molar-refractivity contribution in [1.29, 1.82) is 0 Å². The first-order valence-corrected chi connectivity index (χ1v) is 7.61. The van der Waals surface area contributed by atoms with Crippen molar-refractivity contribution in [1.82, 2.24) is 4.90 Å². The van der Waals surface area contributed by atoms with Crippen molar-refractivity contribution < 1.29 is 8.78 Å². The van der Waals surface area contributed by atoms with E-state index in [1.165, 1.54) is 23.8 Å². The van der Waals surface area contributed by atoms with Gasteiger partial charge in [0.1, 0.15) is 11.6 Å². The van der Waals surface area contributed by atoms with Gasteiger partial charge in [0.25, 0.3) is 0 Å². The molecule has 1 aliphatic rings. The van der Waals surface area contributed by atoms with Crippen LogP contribution in [-0.2, 0) is 19.4 Å². The molecule has 2 aromatic carbocycles. The standard InChI is InChI=1S/C18H20F2N2/c19-16-4-1-13(2-5-16)9-18-11-14-3-6-17(20)10-15(14)12-22(18)8-7-21/h1-6,10,18H,7-9,11-12,21H2. The molecule has 22 heavy (non-hydrogen) atoms. The van der Waals surface area contributed by atoms with Crippen molar-refractivity contribution in [2.75, 3.05) is 13.1 Å². The van der Waals surface area contributed by atoms with E-state index in [1.807, 2.05) is 18.2 Å². The van der Waals surface area contributed by atoms with Crippen LogP contribution in [0.4, 0.5) is 8.78 Å². The second-order valence-corrected chi connectivity index (χ2v) is 5.86. The van der Waals surface area contributed by atoms with E-state index in [4.69, 9.17) is 5.73 Å². The second-order valence-electron chi connectivity index (χ2n) is 5.86. The molecule has 0 fully saturated rings. The Morgan fingerprint density at radius 2 is 1.73 bits per heavy atom. The normalized spacial score (nSPS) is 18.2. The number of halogens is 2. The molecule has 0 saturated carbocycles. The topological polar surface area (TPSA) is 29.3 Å². The van der Waals surface area contributed by atoms with Gasteiger partial charge in [-0.2, -0.15) is 0 Å². The fourth-order valence-corrected chi connectivity index (χ4v) is 3.19. The third-order valence-electron chi connectivity index (χ3n) is 4.31. The zero-order valence-electron chi connectivity index (χ0n) is 12.4. The molecule has 0 amide bonds. The van der Waals surface area contributed by atoms with Gasteiger partial charge in [0.15, 0.2) is 0 Å². The lowest BCUT2D eigenvalue weighted by Crippen LogP contribution is -2.44. The fourth-order valence-electron chi connectivity index (χ4n) is 3.19. The molecule has 1 heterocycles. The van der Waals surface area contributed by atoms with Gasteiger partial charge in [0, 0.05) is 25.7 Å². The lowest BCUT2D eigenvalue weighted by atomic mass is 9.90. The van der Waals surface area contributed by atoms with Gasteiger partial charge in [0.05, 0.1) is 0 Å². The van der Waals surface area contributed by atoms with Gasteiger partial charge in [-0.3, -0.25) is 4.90 Å². The molecule has 1 atom stereocenters. The highest BCUT2D eigenvalue weighted by molar-refractivity contribution is 5.31. The summed E-state index contributed by atoms with van der Waals surface area (Å²) in [6.45, 7) is 2.07. The molecule has 2 N–H and O–H groups in total. The first kappa shape index (κ1) is 15.1. The van der Waals surface area contributed by atoms with Gasteiger partial charge in [-0.1, -0.05) is 18.2 Å². The Labute approximate surface area is 129 Å². The van der Waals surface area contributed by atoms with Crippen LogP contribution in [0.1, 0.15) is 16.7 Å². The SMILES string of the molecule is NCCN1Cc2cc(F)ccc2CC1Cc1ccc(F)cc1. The summed E-state index contributed by atoms with van der Waals surface area (Å²) in [5, 5.41) is 0.